The van der Waals surface area contributed by atoms with Crippen molar-refractivity contribution in [2.24, 2.45) is 5.92 Å². The number of hydrogen-bond donors (Lipinski definition) is 1. The molecular weight excluding hydrogens is 200 g/mol. The SMILES string of the molecule is C1CN(C2CC3CCC2O3)CC(C2CC2)N1. The van der Waals surface area contributed by atoms with E-state index in [0.29, 0.717) is 12.2 Å². The van der Waals surface area contributed by atoms with Crippen LogP contribution in [0.15, 0.2) is 0 Å². The molecule has 3 nitrogen and oxygen atoms in total. The number of rotatable bonds is 2. The van der Waals surface area contributed by atoms with Gasteiger partial charge in [-0.15, -0.1) is 0 Å². The van der Waals surface area contributed by atoms with Crippen LogP contribution in [0.5, 0.6) is 0 Å². The first kappa shape index (κ1) is 9.86. The van der Waals surface area contributed by atoms with Gasteiger partial charge in [0.15, 0.2) is 0 Å². The van der Waals surface area contributed by atoms with Gasteiger partial charge in [-0.3, -0.25) is 4.90 Å². The van der Waals surface area contributed by atoms with Crippen LogP contribution < -0.4 is 5.32 Å². The first-order chi connectivity index (χ1) is 7.90. The summed E-state index contributed by atoms with van der Waals surface area (Å²) in [6.07, 6.45) is 8.03. The second-order valence-corrected chi connectivity index (χ2v) is 6.07. The van der Waals surface area contributed by atoms with Crippen molar-refractivity contribution >= 4 is 0 Å². The van der Waals surface area contributed by atoms with Crippen LogP contribution in [-0.4, -0.2) is 48.8 Å². The van der Waals surface area contributed by atoms with Crippen molar-refractivity contribution in [1.82, 2.24) is 10.2 Å². The Hall–Kier alpha value is -0.120. The Labute approximate surface area is 97.5 Å². The molecule has 4 aliphatic rings. The van der Waals surface area contributed by atoms with E-state index in [1.807, 2.05) is 0 Å². The Morgan fingerprint density at radius 2 is 2.06 bits per heavy atom. The topological polar surface area (TPSA) is 24.5 Å². The molecule has 3 heteroatoms. The summed E-state index contributed by atoms with van der Waals surface area (Å²) in [4.78, 5) is 2.73. The fourth-order valence-corrected chi connectivity index (χ4v) is 3.91. The standard InChI is InChI=1S/C13H22N2O/c1-2-9(1)11-8-15(6-5-14-11)12-7-10-3-4-13(12)16-10/h9-14H,1-8H2. The van der Waals surface area contributed by atoms with E-state index in [0.717, 1.165) is 18.0 Å². The van der Waals surface area contributed by atoms with Gasteiger partial charge in [-0.25, -0.2) is 0 Å². The molecule has 0 amide bonds. The van der Waals surface area contributed by atoms with Crippen molar-refractivity contribution in [2.45, 2.75) is 56.4 Å². The van der Waals surface area contributed by atoms with Gasteiger partial charge in [0, 0.05) is 31.7 Å². The van der Waals surface area contributed by atoms with Crippen LogP contribution in [-0.2, 0) is 4.74 Å². The molecule has 3 heterocycles. The van der Waals surface area contributed by atoms with Crippen molar-refractivity contribution < 1.29 is 4.74 Å². The minimum absolute atomic E-state index is 0.572. The molecule has 4 unspecified atom stereocenters. The number of piperazine rings is 1. The lowest BCUT2D eigenvalue weighted by Crippen LogP contribution is -2.56. The van der Waals surface area contributed by atoms with Gasteiger partial charge in [-0.1, -0.05) is 0 Å². The van der Waals surface area contributed by atoms with E-state index in [-0.39, 0.29) is 0 Å². The van der Waals surface area contributed by atoms with E-state index < -0.39 is 0 Å². The van der Waals surface area contributed by atoms with Crippen LogP contribution in [0.1, 0.15) is 32.1 Å². The summed E-state index contributed by atoms with van der Waals surface area (Å²) in [6.45, 7) is 3.71. The van der Waals surface area contributed by atoms with Crippen molar-refractivity contribution in [1.29, 1.82) is 0 Å². The molecule has 1 aliphatic carbocycles. The average Bonchev–Trinajstić information content (AvgIpc) is 2.98. The van der Waals surface area contributed by atoms with Crippen LogP contribution in [0.2, 0.25) is 0 Å². The largest absolute Gasteiger partial charge is 0.373 e. The van der Waals surface area contributed by atoms with Crippen LogP contribution in [0, 0.1) is 5.92 Å². The summed E-state index contributed by atoms with van der Waals surface area (Å²) in [5, 5.41) is 3.70. The third kappa shape index (κ3) is 1.60. The van der Waals surface area contributed by atoms with Crippen LogP contribution in [0.25, 0.3) is 0 Å². The predicted octanol–water partition coefficient (Wildman–Crippen LogP) is 0.990. The fraction of sp³-hybridized carbons (Fsp3) is 1.00. The van der Waals surface area contributed by atoms with Gasteiger partial charge in [0.1, 0.15) is 0 Å². The van der Waals surface area contributed by atoms with Gasteiger partial charge in [0.2, 0.25) is 0 Å². The number of nitrogens with one attached hydrogen (secondary N) is 1. The molecule has 0 aromatic rings. The highest BCUT2D eigenvalue weighted by atomic mass is 16.5. The van der Waals surface area contributed by atoms with Gasteiger partial charge in [0.05, 0.1) is 12.2 Å². The molecule has 16 heavy (non-hydrogen) atoms. The van der Waals surface area contributed by atoms with Crippen LogP contribution >= 0.6 is 0 Å². The van der Waals surface area contributed by atoms with Gasteiger partial charge >= 0.3 is 0 Å². The van der Waals surface area contributed by atoms with Crippen molar-refractivity contribution in [3.63, 3.8) is 0 Å². The molecule has 4 rings (SSSR count). The summed E-state index contributed by atoms with van der Waals surface area (Å²) >= 11 is 0. The highest BCUT2D eigenvalue weighted by Gasteiger charge is 2.45. The number of ether oxygens (including phenoxy) is 1. The third-order valence-electron chi connectivity index (χ3n) is 4.97. The van der Waals surface area contributed by atoms with E-state index in [9.17, 15) is 0 Å². The Kier molecular flexibility index (Phi) is 2.27. The molecule has 90 valence electrons. The smallest absolute Gasteiger partial charge is 0.0735 e. The molecule has 0 spiro atoms. The fourth-order valence-electron chi connectivity index (χ4n) is 3.91. The van der Waals surface area contributed by atoms with Crippen LogP contribution in [0.4, 0.5) is 0 Å². The molecule has 1 N–H and O–H groups in total. The van der Waals surface area contributed by atoms with E-state index >= 15 is 0 Å². The Morgan fingerprint density at radius 1 is 1.12 bits per heavy atom. The molecule has 2 bridgehead atoms. The summed E-state index contributed by atoms with van der Waals surface area (Å²) in [5.74, 6) is 0.988. The normalized spacial score (nSPS) is 48.8. The summed E-state index contributed by atoms with van der Waals surface area (Å²) < 4.78 is 5.99. The number of fused-ring (bicyclic) bond motifs is 2. The van der Waals surface area contributed by atoms with E-state index in [1.165, 1.54) is 51.7 Å². The van der Waals surface area contributed by atoms with Crippen molar-refractivity contribution in [3.8, 4) is 0 Å². The van der Waals surface area contributed by atoms with Gasteiger partial charge < -0.3 is 10.1 Å². The first-order valence-corrected chi connectivity index (χ1v) is 7.03. The number of hydrogen-bond acceptors (Lipinski definition) is 3. The quantitative estimate of drug-likeness (QED) is 0.754. The maximum absolute atomic E-state index is 5.99. The summed E-state index contributed by atoms with van der Waals surface area (Å²) in [6, 6.07) is 1.54. The monoisotopic (exact) mass is 222 g/mol. The highest BCUT2D eigenvalue weighted by Crippen LogP contribution is 2.39. The molecule has 1 saturated carbocycles. The van der Waals surface area contributed by atoms with Crippen LogP contribution in [0.3, 0.4) is 0 Å². The average molecular weight is 222 g/mol. The number of nitrogens with zero attached hydrogens (tertiary/aromatic N) is 1. The molecule has 0 radical (unpaired) electrons. The molecule has 3 aliphatic heterocycles. The maximum Gasteiger partial charge on any atom is 0.0735 e. The van der Waals surface area contributed by atoms with Gasteiger partial charge in [-0.2, -0.15) is 0 Å². The lowest BCUT2D eigenvalue weighted by atomic mass is 9.93. The van der Waals surface area contributed by atoms with Crippen molar-refractivity contribution in [2.75, 3.05) is 19.6 Å². The van der Waals surface area contributed by atoms with Gasteiger partial charge in [-0.05, 0) is 38.0 Å². The molecule has 3 saturated heterocycles. The minimum atomic E-state index is 0.572. The van der Waals surface area contributed by atoms with E-state index in [2.05, 4.69) is 10.2 Å². The third-order valence-corrected chi connectivity index (χ3v) is 4.97. The Bertz CT molecular complexity index is 279. The lowest BCUT2D eigenvalue weighted by molar-refractivity contribution is 0.0565. The van der Waals surface area contributed by atoms with E-state index in [4.69, 9.17) is 4.74 Å². The minimum Gasteiger partial charge on any atom is -0.373 e. The Morgan fingerprint density at radius 3 is 2.75 bits per heavy atom. The highest BCUT2D eigenvalue weighted by molar-refractivity contribution is 4.99. The molecule has 0 aromatic carbocycles. The zero-order chi connectivity index (χ0) is 10.5. The lowest BCUT2D eigenvalue weighted by Gasteiger charge is -2.39. The Balaban J connectivity index is 1.42. The zero-order valence-electron chi connectivity index (χ0n) is 9.90. The molecule has 0 aromatic heterocycles. The molecule has 4 atom stereocenters. The van der Waals surface area contributed by atoms with E-state index in [1.54, 1.807) is 0 Å². The van der Waals surface area contributed by atoms with Gasteiger partial charge in [0.25, 0.3) is 0 Å². The zero-order valence-corrected chi connectivity index (χ0v) is 9.90. The first-order valence-electron chi connectivity index (χ1n) is 7.03. The maximum atomic E-state index is 5.99. The molecular formula is C13H22N2O. The second-order valence-electron chi connectivity index (χ2n) is 6.07. The summed E-state index contributed by atoms with van der Waals surface area (Å²) in [7, 11) is 0. The van der Waals surface area contributed by atoms with Crippen molar-refractivity contribution in [3.05, 3.63) is 0 Å². The molecule has 4 fully saturated rings. The second kappa shape index (κ2) is 3.69. The summed E-state index contributed by atoms with van der Waals surface area (Å²) in [5.41, 5.74) is 0. The predicted molar refractivity (Wildman–Crippen MR) is 62.4 cm³/mol.